The Morgan fingerprint density at radius 2 is 2.12 bits per heavy atom. The molecular weight excluding hydrogens is 224 g/mol. The molecule has 0 radical (unpaired) electrons. The molecule has 2 rings (SSSR count). The van der Waals surface area contributed by atoms with Crippen molar-refractivity contribution in [3.63, 3.8) is 0 Å². The summed E-state index contributed by atoms with van der Waals surface area (Å²) >= 11 is 6.06. The summed E-state index contributed by atoms with van der Waals surface area (Å²) in [4.78, 5) is 11.0. The van der Waals surface area contributed by atoms with Crippen molar-refractivity contribution in [2.24, 2.45) is 5.92 Å². The van der Waals surface area contributed by atoms with Crippen LogP contribution in [0.1, 0.15) is 35.2 Å². The lowest BCUT2D eigenvalue weighted by Gasteiger charge is -2.21. The number of carbonyl (C=O) groups excluding carboxylic acids is 1. The highest BCUT2D eigenvalue weighted by Crippen LogP contribution is 2.42. The number of carbonyl (C=O) groups is 1. The smallest absolute Gasteiger partial charge is 0.150 e. The predicted molar refractivity (Wildman–Crippen MR) is 64.0 cm³/mol. The van der Waals surface area contributed by atoms with Crippen molar-refractivity contribution in [2.45, 2.75) is 30.7 Å². The zero-order chi connectivity index (χ0) is 11.7. The van der Waals surface area contributed by atoms with Gasteiger partial charge in [0.25, 0.3) is 0 Å². The SMILES string of the molecule is CC1CC(Cl)C(O)C1c1ccccc1C=O. The maximum Gasteiger partial charge on any atom is 0.150 e. The number of hydrogen-bond donors (Lipinski definition) is 1. The number of aldehydes is 1. The maximum absolute atomic E-state index is 11.0. The van der Waals surface area contributed by atoms with Gasteiger partial charge < -0.3 is 5.11 Å². The average Bonchev–Trinajstić information content (AvgIpc) is 2.53. The summed E-state index contributed by atoms with van der Waals surface area (Å²) in [7, 11) is 0. The molecule has 1 aromatic rings. The molecule has 1 fully saturated rings. The second-order valence-electron chi connectivity index (χ2n) is 4.49. The second kappa shape index (κ2) is 4.56. The third kappa shape index (κ3) is 1.87. The fraction of sp³-hybridized carbons (Fsp3) is 0.462. The van der Waals surface area contributed by atoms with Gasteiger partial charge in [-0.05, 0) is 17.9 Å². The van der Waals surface area contributed by atoms with Crippen molar-refractivity contribution >= 4 is 17.9 Å². The molecule has 1 aromatic carbocycles. The number of halogens is 1. The Balaban J connectivity index is 2.40. The van der Waals surface area contributed by atoms with Crippen LogP contribution < -0.4 is 0 Å². The van der Waals surface area contributed by atoms with Crippen LogP contribution >= 0.6 is 11.6 Å². The number of hydrogen-bond acceptors (Lipinski definition) is 2. The minimum absolute atomic E-state index is 0.0242. The largest absolute Gasteiger partial charge is 0.391 e. The molecule has 0 spiro atoms. The third-order valence-corrected chi connectivity index (χ3v) is 3.87. The van der Waals surface area contributed by atoms with Crippen molar-refractivity contribution in [1.82, 2.24) is 0 Å². The van der Waals surface area contributed by atoms with Crippen LogP contribution in [-0.2, 0) is 0 Å². The summed E-state index contributed by atoms with van der Waals surface area (Å²) in [5.41, 5.74) is 1.57. The molecule has 4 atom stereocenters. The fourth-order valence-electron chi connectivity index (χ4n) is 2.62. The van der Waals surface area contributed by atoms with Crippen LogP contribution in [0.5, 0.6) is 0 Å². The highest BCUT2D eigenvalue weighted by Gasteiger charge is 2.40. The van der Waals surface area contributed by atoms with Crippen molar-refractivity contribution in [3.8, 4) is 0 Å². The van der Waals surface area contributed by atoms with Gasteiger partial charge in [0, 0.05) is 11.5 Å². The highest BCUT2D eigenvalue weighted by molar-refractivity contribution is 6.21. The Morgan fingerprint density at radius 1 is 1.44 bits per heavy atom. The van der Waals surface area contributed by atoms with Crippen LogP contribution in [0, 0.1) is 5.92 Å². The molecule has 0 amide bonds. The summed E-state index contributed by atoms with van der Waals surface area (Å²) in [5, 5.41) is 9.84. The molecule has 0 aliphatic heterocycles. The number of aliphatic hydroxyl groups is 1. The molecular formula is C13H15ClO2. The first-order chi connectivity index (χ1) is 7.65. The van der Waals surface area contributed by atoms with E-state index in [4.69, 9.17) is 11.6 Å². The minimum Gasteiger partial charge on any atom is -0.391 e. The van der Waals surface area contributed by atoms with E-state index in [0.717, 1.165) is 18.3 Å². The number of aliphatic hydroxyl groups excluding tert-OH is 1. The van der Waals surface area contributed by atoms with Crippen LogP contribution in [-0.4, -0.2) is 22.9 Å². The fourth-order valence-corrected chi connectivity index (χ4v) is 3.05. The van der Waals surface area contributed by atoms with E-state index < -0.39 is 6.10 Å². The van der Waals surface area contributed by atoms with Gasteiger partial charge in [-0.25, -0.2) is 0 Å². The van der Waals surface area contributed by atoms with Crippen molar-refractivity contribution in [2.75, 3.05) is 0 Å². The molecule has 4 unspecified atom stereocenters. The number of benzene rings is 1. The first-order valence-electron chi connectivity index (χ1n) is 5.51. The van der Waals surface area contributed by atoms with E-state index in [0.29, 0.717) is 11.5 Å². The Kier molecular flexibility index (Phi) is 3.31. The molecule has 0 heterocycles. The van der Waals surface area contributed by atoms with Gasteiger partial charge in [0.05, 0.1) is 11.5 Å². The lowest BCUT2D eigenvalue weighted by Crippen LogP contribution is -2.22. The average molecular weight is 239 g/mol. The van der Waals surface area contributed by atoms with Gasteiger partial charge in [0.2, 0.25) is 0 Å². The van der Waals surface area contributed by atoms with Crippen molar-refractivity contribution < 1.29 is 9.90 Å². The van der Waals surface area contributed by atoms with E-state index in [1.165, 1.54) is 0 Å². The van der Waals surface area contributed by atoms with Gasteiger partial charge in [-0.3, -0.25) is 4.79 Å². The van der Waals surface area contributed by atoms with Gasteiger partial charge in [-0.2, -0.15) is 0 Å². The monoisotopic (exact) mass is 238 g/mol. The Hall–Kier alpha value is -0.860. The predicted octanol–water partition coefficient (Wildman–Crippen LogP) is 2.59. The molecule has 0 aromatic heterocycles. The second-order valence-corrected chi connectivity index (χ2v) is 5.05. The van der Waals surface area contributed by atoms with Gasteiger partial charge in [0.15, 0.2) is 0 Å². The number of rotatable bonds is 2. The Morgan fingerprint density at radius 3 is 2.69 bits per heavy atom. The summed E-state index contributed by atoms with van der Waals surface area (Å²) in [6.07, 6.45) is 1.08. The minimum atomic E-state index is -0.558. The van der Waals surface area contributed by atoms with Gasteiger partial charge in [0.1, 0.15) is 6.29 Å². The van der Waals surface area contributed by atoms with E-state index in [1.54, 1.807) is 6.07 Å². The molecule has 3 heteroatoms. The molecule has 2 nitrogen and oxygen atoms in total. The van der Waals surface area contributed by atoms with Gasteiger partial charge in [-0.15, -0.1) is 11.6 Å². The third-order valence-electron chi connectivity index (χ3n) is 3.43. The lowest BCUT2D eigenvalue weighted by atomic mass is 9.86. The van der Waals surface area contributed by atoms with Crippen molar-refractivity contribution in [1.29, 1.82) is 0 Å². The van der Waals surface area contributed by atoms with E-state index >= 15 is 0 Å². The summed E-state index contributed by atoms with van der Waals surface area (Å²) in [5.74, 6) is 0.280. The Bertz CT molecular complexity index is 391. The lowest BCUT2D eigenvalue weighted by molar-refractivity contribution is 0.111. The molecule has 86 valence electrons. The van der Waals surface area contributed by atoms with Gasteiger partial charge >= 0.3 is 0 Å². The molecule has 1 aliphatic rings. The molecule has 0 bridgehead atoms. The summed E-state index contributed by atoms with van der Waals surface area (Å²) in [6, 6.07) is 7.41. The van der Waals surface area contributed by atoms with E-state index in [1.807, 2.05) is 18.2 Å². The van der Waals surface area contributed by atoms with Crippen LogP contribution in [0.3, 0.4) is 0 Å². The van der Waals surface area contributed by atoms with E-state index in [9.17, 15) is 9.90 Å². The first kappa shape index (κ1) is 11.6. The molecule has 1 saturated carbocycles. The summed E-state index contributed by atoms with van der Waals surface area (Å²) < 4.78 is 0. The van der Waals surface area contributed by atoms with Crippen LogP contribution in [0.15, 0.2) is 24.3 Å². The molecule has 1 N–H and O–H groups in total. The zero-order valence-electron chi connectivity index (χ0n) is 9.14. The molecule has 16 heavy (non-hydrogen) atoms. The number of alkyl halides is 1. The summed E-state index contributed by atoms with van der Waals surface area (Å²) in [6.45, 7) is 2.07. The van der Waals surface area contributed by atoms with E-state index in [2.05, 4.69) is 6.92 Å². The van der Waals surface area contributed by atoms with E-state index in [-0.39, 0.29) is 11.3 Å². The molecule has 1 aliphatic carbocycles. The zero-order valence-corrected chi connectivity index (χ0v) is 9.89. The standard InChI is InChI=1S/C13H15ClO2/c1-8-6-11(14)13(16)12(8)10-5-3-2-4-9(10)7-15/h2-5,7-8,11-13,16H,6H2,1H3. The highest BCUT2D eigenvalue weighted by atomic mass is 35.5. The van der Waals surface area contributed by atoms with Crippen LogP contribution in [0.2, 0.25) is 0 Å². The topological polar surface area (TPSA) is 37.3 Å². The quantitative estimate of drug-likeness (QED) is 0.635. The van der Waals surface area contributed by atoms with Crippen LogP contribution in [0.4, 0.5) is 0 Å². The molecule has 0 saturated heterocycles. The van der Waals surface area contributed by atoms with Gasteiger partial charge in [-0.1, -0.05) is 31.2 Å². The van der Waals surface area contributed by atoms with Crippen LogP contribution in [0.25, 0.3) is 0 Å². The first-order valence-corrected chi connectivity index (χ1v) is 5.95. The Labute approximate surface area is 100 Å². The van der Waals surface area contributed by atoms with Crippen molar-refractivity contribution in [3.05, 3.63) is 35.4 Å². The normalized spacial score (nSPS) is 33.9. The maximum atomic E-state index is 11.0.